The lowest BCUT2D eigenvalue weighted by Crippen LogP contribution is -2.49. The summed E-state index contributed by atoms with van der Waals surface area (Å²) in [6.07, 6.45) is 12.1. The van der Waals surface area contributed by atoms with Crippen molar-refractivity contribution in [1.82, 2.24) is 10.2 Å². The summed E-state index contributed by atoms with van der Waals surface area (Å²) in [5.41, 5.74) is 7.02. The van der Waals surface area contributed by atoms with Gasteiger partial charge in [0.2, 0.25) is 0 Å². The number of methoxy groups -OCH3 is 1. The van der Waals surface area contributed by atoms with Crippen LogP contribution in [0.4, 0.5) is 9.18 Å². The molecule has 192 valence electrons. The smallest absolute Gasteiger partial charge is 0.317 e. The van der Waals surface area contributed by atoms with Crippen LogP contribution in [0, 0.1) is 17.7 Å². The van der Waals surface area contributed by atoms with Crippen LogP contribution >= 0.6 is 11.6 Å². The molecule has 3 atom stereocenters. The second kappa shape index (κ2) is 14.3. The Morgan fingerprint density at radius 3 is 2.79 bits per heavy atom. The number of piperidine rings is 1. The summed E-state index contributed by atoms with van der Waals surface area (Å²) in [4.78, 5) is 14.9. The van der Waals surface area contributed by atoms with Gasteiger partial charge in [-0.1, -0.05) is 62.3 Å². The molecular weight excluding hydrogens is 453 g/mol. The minimum atomic E-state index is -0.323. The zero-order valence-corrected chi connectivity index (χ0v) is 21.5. The molecule has 3 rings (SSSR count). The number of nitrogens with two attached hydrogens (primary N) is 1. The fourth-order valence-corrected chi connectivity index (χ4v) is 6.03. The highest BCUT2D eigenvalue weighted by atomic mass is 35.5. The maximum absolute atomic E-state index is 15.0. The number of rotatable bonds is 11. The van der Waals surface area contributed by atoms with Gasteiger partial charge in [-0.05, 0) is 61.5 Å². The van der Waals surface area contributed by atoms with Gasteiger partial charge in [-0.3, -0.25) is 0 Å². The Morgan fingerprint density at radius 2 is 2.03 bits per heavy atom. The molecular formula is C27H43ClFN3O2. The number of likely N-dealkylation sites (tertiary alicyclic amines) is 1. The van der Waals surface area contributed by atoms with E-state index in [1.54, 1.807) is 13.2 Å². The third-order valence-electron chi connectivity index (χ3n) is 7.68. The topological polar surface area (TPSA) is 67.6 Å². The highest BCUT2D eigenvalue weighted by molar-refractivity contribution is 6.30. The molecule has 2 amide bonds. The summed E-state index contributed by atoms with van der Waals surface area (Å²) in [6.45, 7) is 2.57. The predicted molar refractivity (Wildman–Crippen MR) is 137 cm³/mol. The summed E-state index contributed by atoms with van der Waals surface area (Å²) in [5.74, 6) is 0.605. The van der Waals surface area contributed by atoms with Gasteiger partial charge in [-0.25, -0.2) is 9.18 Å². The first-order valence-corrected chi connectivity index (χ1v) is 13.6. The lowest BCUT2D eigenvalue weighted by Gasteiger charge is -2.37. The highest BCUT2D eigenvalue weighted by Gasteiger charge is 2.32. The minimum absolute atomic E-state index is 0.00160. The van der Waals surface area contributed by atoms with Crippen LogP contribution in [0.3, 0.4) is 0 Å². The first-order chi connectivity index (χ1) is 16.5. The fourth-order valence-electron chi connectivity index (χ4n) is 5.85. The van der Waals surface area contributed by atoms with Gasteiger partial charge in [0.25, 0.3) is 0 Å². The summed E-state index contributed by atoms with van der Waals surface area (Å²) in [5, 5.41) is 3.24. The zero-order valence-electron chi connectivity index (χ0n) is 20.7. The standard InChI is InChI=1S/C27H43ClFN3O2/c1-34-16-6-5-12-23(24-13-7-14-25(28)26(24)29)21-11-8-15-32(19-21)27(33)31-18-22(30)17-20-9-3-2-4-10-20/h7,13-14,20-23H,2-6,8-12,15-19,30H2,1H3,(H,31,33)/t21-,22-,23-/m1/s1. The van der Waals surface area contributed by atoms with Gasteiger partial charge < -0.3 is 20.7 Å². The molecule has 7 heteroatoms. The normalized spacial score (nSPS) is 21.3. The lowest BCUT2D eigenvalue weighted by molar-refractivity contribution is 0.150. The molecule has 1 aliphatic carbocycles. The van der Waals surface area contributed by atoms with E-state index in [0.717, 1.165) is 45.1 Å². The van der Waals surface area contributed by atoms with Crippen LogP contribution < -0.4 is 11.1 Å². The number of hydrogen-bond acceptors (Lipinski definition) is 3. The van der Waals surface area contributed by atoms with Crippen LogP contribution in [-0.4, -0.2) is 50.3 Å². The number of halogens is 2. The van der Waals surface area contributed by atoms with Gasteiger partial charge in [0, 0.05) is 39.4 Å². The molecule has 1 aromatic rings. The summed E-state index contributed by atoms with van der Waals surface area (Å²) >= 11 is 6.12. The lowest BCUT2D eigenvalue weighted by atomic mass is 9.78. The van der Waals surface area contributed by atoms with Crippen LogP contribution in [-0.2, 0) is 4.74 Å². The van der Waals surface area contributed by atoms with Gasteiger partial charge in [-0.2, -0.15) is 0 Å². The maximum atomic E-state index is 15.0. The molecule has 0 unspecified atom stereocenters. The monoisotopic (exact) mass is 495 g/mol. The number of carbonyl (C=O) groups is 1. The van der Waals surface area contributed by atoms with Crippen molar-refractivity contribution in [2.75, 3.05) is 33.4 Å². The third-order valence-corrected chi connectivity index (χ3v) is 7.98. The molecule has 2 fully saturated rings. The molecule has 2 aliphatic rings. The second-order valence-electron chi connectivity index (χ2n) is 10.3. The number of nitrogens with zero attached hydrogens (tertiary/aromatic N) is 1. The number of ether oxygens (including phenoxy) is 1. The zero-order chi connectivity index (χ0) is 24.3. The Bertz CT molecular complexity index is 759. The molecule has 3 N–H and O–H groups in total. The molecule has 0 radical (unpaired) electrons. The first kappa shape index (κ1) is 27.2. The average Bonchev–Trinajstić information content (AvgIpc) is 2.85. The van der Waals surface area contributed by atoms with Crippen LogP contribution in [0.15, 0.2) is 18.2 Å². The van der Waals surface area contributed by atoms with E-state index >= 15 is 0 Å². The molecule has 1 aliphatic heterocycles. The first-order valence-electron chi connectivity index (χ1n) is 13.2. The van der Waals surface area contributed by atoms with Crippen LogP contribution in [0.5, 0.6) is 0 Å². The number of amides is 2. The van der Waals surface area contributed by atoms with Crippen LogP contribution in [0.2, 0.25) is 5.02 Å². The Labute approximate surface area is 209 Å². The Hall–Kier alpha value is -1.37. The van der Waals surface area contributed by atoms with Crippen molar-refractivity contribution in [3.63, 3.8) is 0 Å². The van der Waals surface area contributed by atoms with Gasteiger partial charge in [0.15, 0.2) is 0 Å². The number of hydrogen-bond donors (Lipinski definition) is 2. The van der Waals surface area contributed by atoms with Gasteiger partial charge >= 0.3 is 6.03 Å². The molecule has 34 heavy (non-hydrogen) atoms. The van der Waals surface area contributed by atoms with Crippen molar-refractivity contribution in [3.8, 4) is 0 Å². The van der Waals surface area contributed by atoms with Crippen molar-refractivity contribution in [1.29, 1.82) is 0 Å². The van der Waals surface area contributed by atoms with Crippen molar-refractivity contribution >= 4 is 17.6 Å². The fraction of sp³-hybridized carbons (Fsp3) is 0.741. The van der Waals surface area contributed by atoms with Crippen molar-refractivity contribution < 1.29 is 13.9 Å². The molecule has 0 spiro atoms. The number of nitrogens with one attached hydrogen (secondary N) is 1. The van der Waals surface area contributed by atoms with Gasteiger partial charge in [0.1, 0.15) is 5.82 Å². The molecule has 1 saturated carbocycles. The van der Waals surface area contributed by atoms with Crippen molar-refractivity contribution in [2.45, 2.75) is 82.6 Å². The maximum Gasteiger partial charge on any atom is 0.317 e. The van der Waals surface area contributed by atoms with E-state index in [2.05, 4.69) is 5.32 Å². The van der Waals surface area contributed by atoms with Gasteiger partial charge in [-0.15, -0.1) is 0 Å². The van der Waals surface area contributed by atoms with E-state index < -0.39 is 0 Å². The van der Waals surface area contributed by atoms with E-state index in [9.17, 15) is 9.18 Å². The molecule has 0 bridgehead atoms. The molecule has 5 nitrogen and oxygen atoms in total. The molecule has 0 aromatic heterocycles. The second-order valence-corrected chi connectivity index (χ2v) is 10.7. The van der Waals surface area contributed by atoms with Crippen molar-refractivity contribution in [3.05, 3.63) is 34.6 Å². The van der Waals surface area contributed by atoms with Crippen molar-refractivity contribution in [2.24, 2.45) is 17.6 Å². The number of carbonyl (C=O) groups excluding carboxylic acids is 1. The molecule has 1 heterocycles. The van der Waals surface area contributed by atoms with E-state index in [4.69, 9.17) is 22.1 Å². The minimum Gasteiger partial charge on any atom is -0.385 e. The Balaban J connectivity index is 1.57. The van der Waals surface area contributed by atoms with E-state index in [1.165, 1.54) is 32.1 Å². The average molecular weight is 496 g/mol. The molecule has 1 saturated heterocycles. The van der Waals surface area contributed by atoms with Crippen LogP contribution in [0.1, 0.15) is 82.1 Å². The number of benzene rings is 1. The number of unbranched alkanes of at least 4 members (excludes halogenated alkanes) is 1. The molecule has 1 aromatic carbocycles. The van der Waals surface area contributed by atoms with E-state index in [1.807, 2.05) is 17.0 Å². The number of urea groups is 1. The summed E-state index contributed by atoms with van der Waals surface area (Å²) in [7, 11) is 1.70. The Kier molecular flexibility index (Phi) is 11.4. The third kappa shape index (κ3) is 8.10. The van der Waals surface area contributed by atoms with Gasteiger partial charge in [0.05, 0.1) is 5.02 Å². The van der Waals surface area contributed by atoms with E-state index in [0.29, 0.717) is 31.2 Å². The predicted octanol–water partition coefficient (Wildman–Crippen LogP) is 6.10. The van der Waals surface area contributed by atoms with Crippen LogP contribution in [0.25, 0.3) is 0 Å². The van der Waals surface area contributed by atoms with E-state index in [-0.39, 0.29) is 34.7 Å². The quantitative estimate of drug-likeness (QED) is 0.364. The largest absolute Gasteiger partial charge is 0.385 e. The SMILES string of the molecule is COCCCC[C@@H](c1cccc(Cl)c1F)[C@@H]1CCCN(C(=O)NC[C@H](N)CC2CCCCC2)C1. The summed E-state index contributed by atoms with van der Waals surface area (Å²) < 4.78 is 20.2. The highest BCUT2D eigenvalue weighted by Crippen LogP contribution is 2.38. The summed E-state index contributed by atoms with van der Waals surface area (Å²) in [6, 6.07) is 5.23. The Morgan fingerprint density at radius 1 is 1.24 bits per heavy atom.